The standard InChI is InChI=1S/C15H12BrNO2/c16-12-6-7-15(13(8-12)14(18)9-17)19-10-11-4-2-1-3-5-11/h1-9,17H,10H2. The number of halogens is 1. The Bertz CT molecular complexity index is 596. The minimum atomic E-state index is -0.371. The normalized spacial score (nSPS) is 9.95. The van der Waals surface area contributed by atoms with Crippen LogP contribution in [0.25, 0.3) is 0 Å². The average Bonchev–Trinajstić information content (AvgIpc) is 2.46. The Kier molecular flexibility index (Phi) is 4.47. The third kappa shape index (κ3) is 3.51. The first-order valence-corrected chi connectivity index (χ1v) is 6.51. The van der Waals surface area contributed by atoms with Gasteiger partial charge >= 0.3 is 0 Å². The second-order valence-electron chi connectivity index (χ2n) is 3.92. The van der Waals surface area contributed by atoms with E-state index in [1.54, 1.807) is 18.2 Å². The van der Waals surface area contributed by atoms with Crippen molar-refractivity contribution in [3.8, 4) is 5.75 Å². The predicted molar refractivity (Wildman–Crippen MR) is 78.0 cm³/mol. The number of Topliss-reactive ketones (excluding diaryl/α,β-unsaturated/α-hetero) is 1. The Morgan fingerprint density at radius 3 is 2.63 bits per heavy atom. The second kappa shape index (κ2) is 6.29. The SMILES string of the molecule is N=CC(=O)c1cc(Br)ccc1OCc1ccccc1. The van der Waals surface area contributed by atoms with Crippen LogP contribution < -0.4 is 4.74 Å². The third-order valence-corrected chi connectivity index (χ3v) is 3.07. The van der Waals surface area contributed by atoms with Gasteiger partial charge in [-0.05, 0) is 23.8 Å². The summed E-state index contributed by atoms with van der Waals surface area (Å²) < 4.78 is 6.44. The molecule has 4 heteroatoms. The van der Waals surface area contributed by atoms with Gasteiger partial charge in [0.05, 0.1) is 11.8 Å². The van der Waals surface area contributed by atoms with E-state index in [2.05, 4.69) is 15.9 Å². The number of nitrogens with one attached hydrogen (secondary N) is 1. The van der Waals surface area contributed by atoms with E-state index in [1.165, 1.54) is 0 Å². The van der Waals surface area contributed by atoms with Gasteiger partial charge in [0.1, 0.15) is 12.4 Å². The average molecular weight is 318 g/mol. The Morgan fingerprint density at radius 1 is 1.21 bits per heavy atom. The summed E-state index contributed by atoms with van der Waals surface area (Å²) in [6.45, 7) is 0.390. The van der Waals surface area contributed by atoms with Gasteiger partial charge in [-0.1, -0.05) is 46.3 Å². The van der Waals surface area contributed by atoms with E-state index in [9.17, 15) is 4.79 Å². The largest absolute Gasteiger partial charge is 0.488 e. The highest BCUT2D eigenvalue weighted by Crippen LogP contribution is 2.24. The summed E-state index contributed by atoms with van der Waals surface area (Å²) in [5.41, 5.74) is 1.42. The van der Waals surface area contributed by atoms with Crippen molar-refractivity contribution in [2.45, 2.75) is 6.61 Å². The first-order valence-electron chi connectivity index (χ1n) is 5.72. The Balaban J connectivity index is 2.20. The monoisotopic (exact) mass is 317 g/mol. The molecule has 2 aromatic carbocycles. The minimum Gasteiger partial charge on any atom is -0.488 e. The smallest absolute Gasteiger partial charge is 0.207 e. The number of carbonyl (C=O) groups is 1. The van der Waals surface area contributed by atoms with E-state index in [0.717, 1.165) is 16.3 Å². The molecule has 0 spiro atoms. The highest BCUT2D eigenvalue weighted by molar-refractivity contribution is 9.10. The fourth-order valence-electron chi connectivity index (χ4n) is 1.63. The molecular weight excluding hydrogens is 306 g/mol. The molecule has 0 aromatic heterocycles. The zero-order valence-electron chi connectivity index (χ0n) is 10.1. The van der Waals surface area contributed by atoms with Crippen LogP contribution in [0.1, 0.15) is 15.9 Å². The molecule has 1 N–H and O–H groups in total. The maximum absolute atomic E-state index is 11.7. The molecule has 2 rings (SSSR count). The Hall–Kier alpha value is -1.94. The van der Waals surface area contributed by atoms with E-state index >= 15 is 0 Å². The summed E-state index contributed by atoms with van der Waals surface area (Å²) in [5.74, 6) is 0.116. The lowest BCUT2D eigenvalue weighted by Crippen LogP contribution is -2.05. The van der Waals surface area contributed by atoms with Crippen LogP contribution in [0, 0.1) is 5.41 Å². The molecule has 0 bridgehead atoms. The van der Waals surface area contributed by atoms with Crippen LogP contribution >= 0.6 is 15.9 Å². The van der Waals surface area contributed by atoms with Gasteiger partial charge in [0, 0.05) is 4.47 Å². The molecule has 96 valence electrons. The lowest BCUT2D eigenvalue weighted by atomic mass is 10.1. The molecule has 0 aliphatic heterocycles. The van der Waals surface area contributed by atoms with E-state index in [0.29, 0.717) is 17.9 Å². The zero-order chi connectivity index (χ0) is 13.7. The van der Waals surface area contributed by atoms with E-state index in [4.69, 9.17) is 10.1 Å². The fraction of sp³-hybridized carbons (Fsp3) is 0.0667. The molecule has 0 saturated carbocycles. The van der Waals surface area contributed by atoms with Gasteiger partial charge in [0.25, 0.3) is 0 Å². The second-order valence-corrected chi connectivity index (χ2v) is 4.84. The maximum Gasteiger partial charge on any atom is 0.207 e. The molecular formula is C15H12BrNO2. The lowest BCUT2D eigenvalue weighted by molar-refractivity contribution is 0.106. The maximum atomic E-state index is 11.7. The molecule has 19 heavy (non-hydrogen) atoms. The summed E-state index contributed by atoms with van der Waals surface area (Å²) in [6, 6.07) is 14.9. The van der Waals surface area contributed by atoms with Crippen molar-refractivity contribution in [1.29, 1.82) is 5.41 Å². The molecule has 3 nitrogen and oxygen atoms in total. The first kappa shape index (κ1) is 13.5. The van der Waals surface area contributed by atoms with Crippen LogP contribution in [-0.2, 0) is 6.61 Å². The van der Waals surface area contributed by atoms with Gasteiger partial charge < -0.3 is 10.1 Å². The van der Waals surface area contributed by atoms with E-state index in [-0.39, 0.29) is 5.78 Å². The van der Waals surface area contributed by atoms with Crippen molar-refractivity contribution in [2.24, 2.45) is 0 Å². The number of ether oxygens (including phenoxy) is 1. The van der Waals surface area contributed by atoms with Gasteiger partial charge in [-0.2, -0.15) is 0 Å². The van der Waals surface area contributed by atoms with Crippen LogP contribution in [0.4, 0.5) is 0 Å². The number of hydrogen-bond acceptors (Lipinski definition) is 3. The summed E-state index contributed by atoms with van der Waals surface area (Å²) in [5, 5.41) is 7.06. The van der Waals surface area contributed by atoms with Crippen LogP contribution in [0.15, 0.2) is 53.0 Å². The molecule has 0 aliphatic rings. The van der Waals surface area contributed by atoms with Crippen LogP contribution in [0.3, 0.4) is 0 Å². The van der Waals surface area contributed by atoms with Gasteiger partial charge in [0.15, 0.2) is 0 Å². The van der Waals surface area contributed by atoms with Crippen molar-refractivity contribution in [1.82, 2.24) is 0 Å². The number of hydrogen-bond donors (Lipinski definition) is 1. The van der Waals surface area contributed by atoms with Crippen molar-refractivity contribution in [3.63, 3.8) is 0 Å². The summed E-state index contributed by atoms with van der Waals surface area (Å²) in [6.07, 6.45) is 0.789. The summed E-state index contributed by atoms with van der Waals surface area (Å²) in [4.78, 5) is 11.7. The van der Waals surface area contributed by atoms with Crippen LogP contribution in [-0.4, -0.2) is 12.0 Å². The van der Waals surface area contributed by atoms with Gasteiger partial charge in [-0.3, -0.25) is 4.79 Å². The zero-order valence-corrected chi connectivity index (χ0v) is 11.7. The quantitative estimate of drug-likeness (QED) is 0.672. The highest BCUT2D eigenvalue weighted by Gasteiger charge is 2.11. The van der Waals surface area contributed by atoms with E-state index < -0.39 is 0 Å². The molecule has 0 saturated heterocycles. The fourth-order valence-corrected chi connectivity index (χ4v) is 1.99. The summed E-state index contributed by atoms with van der Waals surface area (Å²) in [7, 11) is 0. The third-order valence-electron chi connectivity index (χ3n) is 2.58. The van der Waals surface area contributed by atoms with Crippen LogP contribution in [0.2, 0.25) is 0 Å². The highest BCUT2D eigenvalue weighted by atomic mass is 79.9. The number of carbonyl (C=O) groups excluding carboxylic acids is 1. The van der Waals surface area contributed by atoms with Crippen molar-refractivity contribution in [3.05, 3.63) is 64.1 Å². The van der Waals surface area contributed by atoms with Gasteiger partial charge in [-0.25, -0.2) is 0 Å². The van der Waals surface area contributed by atoms with Crippen LogP contribution in [0.5, 0.6) is 5.75 Å². The van der Waals surface area contributed by atoms with Gasteiger partial charge in [0.2, 0.25) is 5.78 Å². The number of ketones is 1. The Labute approximate surface area is 119 Å². The Morgan fingerprint density at radius 2 is 1.95 bits per heavy atom. The predicted octanol–water partition coefficient (Wildman–Crippen LogP) is 3.86. The minimum absolute atomic E-state index is 0.371. The topological polar surface area (TPSA) is 50.2 Å². The molecule has 2 aromatic rings. The van der Waals surface area contributed by atoms with Crippen molar-refractivity contribution in [2.75, 3.05) is 0 Å². The molecule has 0 amide bonds. The lowest BCUT2D eigenvalue weighted by Gasteiger charge is -2.10. The number of benzene rings is 2. The first-order chi connectivity index (χ1) is 9.20. The molecule has 0 heterocycles. The molecule has 0 fully saturated rings. The van der Waals surface area contributed by atoms with Crippen molar-refractivity contribution >= 4 is 27.9 Å². The summed E-state index contributed by atoms with van der Waals surface area (Å²) >= 11 is 3.31. The van der Waals surface area contributed by atoms with Crippen molar-refractivity contribution < 1.29 is 9.53 Å². The molecule has 0 atom stereocenters. The number of rotatable bonds is 5. The van der Waals surface area contributed by atoms with Gasteiger partial charge in [-0.15, -0.1) is 0 Å². The molecule has 0 radical (unpaired) electrons. The molecule has 0 unspecified atom stereocenters. The molecule has 0 aliphatic carbocycles. The van der Waals surface area contributed by atoms with E-state index in [1.807, 2.05) is 30.3 Å².